The summed E-state index contributed by atoms with van der Waals surface area (Å²) >= 11 is 0. The van der Waals surface area contributed by atoms with E-state index in [1.165, 1.54) is 16.8 Å². The smallest absolute Gasteiger partial charge is 0.172 e. The SMILES string of the molecule is c1ccc(CNc2ccc3c(n2)CCC2(C3)OCCO2)cc1. The summed E-state index contributed by atoms with van der Waals surface area (Å²) in [5.41, 5.74) is 3.68. The van der Waals surface area contributed by atoms with Gasteiger partial charge in [-0.05, 0) is 23.6 Å². The van der Waals surface area contributed by atoms with Crippen molar-refractivity contribution in [1.29, 1.82) is 0 Å². The Hall–Kier alpha value is -1.91. The van der Waals surface area contributed by atoms with Crippen LogP contribution in [0.2, 0.25) is 0 Å². The maximum absolute atomic E-state index is 5.81. The zero-order valence-corrected chi connectivity index (χ0v) is 12.5. The highest BCUT2D eigenvalue weighted by molar-refractivity contribution is 5.41. The van der Waals surface area contributed by atoms with Crippen LogP contribution in [0.25, 0.3) is 0 Å². The number of aryl methyl sites for hydroxylation is 1. The average Bonchev–Trinajstić information content (AvgIpc) is 3.02. The van der Waals surface area contributed by atoms with Crippen LogP contribution >= 0.6 is 0 Å². The van der Waals surface area contributed by atoms with Crippen LogP contribution in [0.15, 0.2) is 42.5 Å². The lowest BCUT2D eigenvalue weighted by Gasteiger charge is -2.32. The number of hydrogen-bond acceptors (Lipinski definition) is 4. The summed E-state index contributed by atoms with van der Waals surface area (Å²) in [6, 6.07) is 14.6. The van der Waals surface area contributed by atoms with Gasteiger partial charge in [0.25, 0.3) is 0 Å². The van der Waals surface area contributed by atoms with Gasteiger partial charge in [0.1, 0.15) is 5.82 Å². The van der Waals surface area contributed by atoms with Gasteiger partial charge in [0.05, 0.1) is 13.2 Å². The normalized spacial score (nSPS) is 19.1. The van der Waals surface area contributed by atoms with Crippen molar-refractivity contribution in [2.24, 2.45) is 0 Å². The molecule has 114 valence electrons. The van der Waals surface area contributed by atoms with Gasteiger partial charge in [-0.25, -0.2) is 4.98 Å². The summed E-state index contributed by atoms with van der Waals surface area (Å²) in [5, 5.41) is 3.40. The molecule has 4 heteroatoms. The van der Waals surface area contributed by atoms with Gasteiger partial charge in [-0.3, -0.25) is 0 Å². The van der Waals surface area contributed by atoms with Crippen molar-refractivity contribution >= 4 is 5.82 Å². The zero-order chi connectivity index (χ0) is 14.8. The van der Waals surface area contributed by atoms with Crippen molar-refractivity contribution < 1.29 is 9.47 Å². The molecule has 2 heterocycles. The van der Waals surface area contributed by atoms with Gasteiger partial charge < -0.3 is 14.8 Å². The van der Waals surface area contributed by atoms with Crippen molar-refractivity contribution in [2.75, 3.05) is 18.5 Å². The van der Waals surface area contributed by atoms with Crippen molar-refractivity contribution in [3.63, 3.8) is 0 Å². The van der Waals surface area contributed by atoms with Gasteiger partial charge in [-0.15, -0.1) is 0 Å². The zero-order valence-electron chi connectivity index (χ0n) is 12.5. The maximum Gasteiger partial charge on any atom is 0.172 e. The van der Waals surface area contributed by atoms with Crippen LogP contribution < -0.4 is 5.32 Å². The molecule has 0 atom stereocenters. The molecule has 0 saturated carbocycles. The molecule has 2 aromatic rings. The first-order valence-electron chi connectivity index (χ1n) is 7.88. The molecule has 2 aliphatic rings. The van der Waals surface area contributed by atoms with Crippen LogP contribution in [0.4, 0.5) is 5.82 Å². The minimum absolute atomic E-state index is 0.381. The number of anilines is 1. The molecule has 1 N–H and O–H groups in total. The lowest BCUT2D eigenvalue weighted by Crippen LogP contribution is -2.37. The van der Waals surface area contributed by atoms with E-state index in [9.17, 15) is 0 Å². The maximum atomic E-state index is 5.81. The van der Waals surface area contributed by atoms with Crippen LogP contribution in [0.3, 0.4) is 0 Å². The number of nitrogens with one attached hydrogen (secondary N) is 1. The minimum Gasteiger partial charge on any atom is -0.366 e. The first-order valence-corrected chi connectivity index (χ1v) is 7.88. The monoisotopic (exact) mass is 296 g/mol. The Morgan fingerprint density at radius 3 is 2.68 bits per heavy atom. The number of pyridine rings is 1. The highest BCUT2D eigenvalue weighted by Gasteiger charge is 2.40. The summed E-state index contributed by atoms with van der Waals surface area (Å²) in [6.45, 7) is 2.21. The second-order valence-corrected chi connectivity index (χ2v) is 5.93. The molecule has 0 bridgehead atoms. The predicted octanol–water partition coefficient (Wildman–Crippen LogP) is 2.93. The third-order valence-electron chi connectivity index (χ3n) is 4.40. The van der Waals surface area contributed by atoms with E-state index in [-0.39, 0.29) is 5.79 Å². The predicted molar refractivity (Wildman–Crippen MR) is 84.7 cm³/mol. The van der Waals surface area contributed by atoms with Crippen LogP contribution in [0.1, 0.15) is 23.2 Å². The van der Waals surface area contributed by atoms with E-state index >= 15 is 0 Å². The molecule has 1 saturated heterocycles. The molecule has 1 fully saturated rings. The van der Waals surface area contributed by atoms with E-state index in [0.717, 1.165) is 31.6 Å². The molecule has 4 rings (SSSR count). The molecule has 1 aliphatic heterocycles. The number of fused-ring (bicyclic) bond motifs is 1. The van der Waals surface area contributed by atoms with Crippen molar-refractivity contribution in [3.05, 3.63) is 59.3 Å². The molecule has 22 heavy (non-hydrogen) atoms. The molecule has 0 radical (unpaired) electrons. The number of rotatable bonds is 3. The van der Waals surface area contributed by atoms with Crippen LogP contribution in [-0.4, -0.2) is 24.0 Å². The highest BCUT2D eigenvalue weighted by atomic mass is 16.7. The quantitative estimate of drug-likeness (QED) is 0.946. The average molecular weight is 296 g/mol. The standard InChI is InChI=1S/C18H20N2O2/c1-2-4-14(5-3-1)13-19-17-7-6-15-12-18(21-10-11-22-18)9-8-16(15)20-17/h1-7H,8-13H2,(H,19,20). The molecule has 1 aliphatic carbocycles. The number of nitrogens with zero attached hydrogens (tertiary/aromatic N) is 1. The van der Waals surface area contributed by atoms with Gasteiger partial charge in [0, 0.05) is 25.1 Å². The van der Waals surface area contributed by atoms with E-state index in [1.807, 2.05) is 6.07 Å². The van der Waals surface area contributed by atoms with E-state index in [0.29, 0.717) is 13.2 Å². The molecule has 1 aromatic carbocycles. The third-order valence-corrected chi connectivity index (χ3v) is 4.40. The first-order chi connectivity index (χ1) is 10.8. The number of aromatic nitrogens is 1. The minimum atomic E-state index is -0.381. The molecule has 1 spiro atoms. The number of ether oxygens (including phenoxy) is 2. The van der Waals surface area contributed by atoms with Crippen molar-refractivity contribution in [3.8, 4) is 0 Å². The van der Waals surface area contributed by atoms with E-state index in [4.69, 9.17) is 14.5 Å². The summed E-state index contributed by atoms with van der Waals surface area (Å²) < 4.78 is 11.6. The Labute approximate surface area is 130 Å². The summed E-state index contributed by atoms with van der Waals surface area (Å²) in [7, 11) is 0. The molecule has 0 unspecified atom stereocenters. The van der Waals surface area contributed by atoms with Gasteiger partial charge in [-0.2, -0.15) is 0 Å². The fraction of sp³-hybridized carbons (Fsp3) is 0.389. The largest absolute Gasteiger partial charge is 0.366 e. The summed E-state index contributed by atoms with van der Waals surface area (Å²) in [5.74, 6) is 0.556. The molecular formula is C18H20N2O2. The Kier molecular flexibility index (Phi) is 3.56. The molecule has 1 aromatic heterocycles. The molecule has 4 nitrogen and oxygen atoms in total. The van der Waals surface area contributed by atoms with Gasteiger partial charge in [-0.1, -0.05) is 36.4 Å². The fourth-order valence-corrected chi connectivity index (χ4v) is 3.23. The van der Waals surface area contributed by atoms with E-state index in [1.54, 1.807) is 0 Å². The highest BCUT2D eigenvalue weighted by Crippen LogP contribution is 2.35. The van der Waals surface area contributed by atoms with Crippen LogP contribution in [0, 0.1) is 0 Å². The van der Waals surface area contributed by atoms with Gasteiger partial charge in [0.15, 0.2) is 5.79 Å². The van der Waals surface area contributed by atoms with Gasteiger partial charge >= 0.3 is 0 Å². The Bertz CT molecular complexity index is 651. The summed E-state index contributed by atoms with van der Waals surface area (Å²) in [4.78, 5) is 4.76. The van der Waals surface area contributed by atoms with Crippen molar-refractivity contribution in [1.82, 2.24) is 4.98 Å². The Balaban J connectivity index is 1.46. The van der Waals surface area contributed by atoms with Crippen LogP contribution in [-0.2, 0) is 28.9 Å². The Morgan fingerprint density at radius 1 is 1.05 bits per heavy atom. The Morgan fingerprint density at radius 2 is 1.86 bits per heavy atom. The number of hydrogen-bond donors (Lipinski definition) is 1. The lowest BCUT2D eigenvalue weighted by atomic mass is 9.90. The summed E-state index contributed by atoms with van der Waals surface area (Å²) in [6.07, 6.45) is 2.62. The second kappa shape index (κ2) is 5.71. The van der Waals surface area contributed by atoms with E-state index < -0.39 is 0 Å². The second-order valence-electron chi connectivity index (χ2n) is 5.93. The molecule has 0 amide bonds. The first kappa shape index (κ1) is 13.7. The van der Waals surface area contributed by atoms with Crippen molar-refractivity contribution in [2.45, 2.75) is 31.6 Å². The topological polar surface area (TPSA) is 43.4 Å². The van der Waals surface area contributed by atoms with Crippen LogP contribution in [0.5, 0.6) is 0 Å². The number of benzene rings is 1. The fourth-order valence-electron chi connectivity index (χ4n) is 3.23. The molecular weight excluding hydrogens is 276 g/mol. The van der Waals surface area contributed by atoms with E-state index in [2.05, 4.69) is 41.7 Å². The lowest BCUT2D eigenvalue weighted by molar-refractivity contribution is -0.164. The van der Waals surface area contributed by atoms with Gasteiger partial charge in [0.2, 0.25) is 0 Å². The third kappa shape index (κ3) is 2.72.